The fourth-order valence-corrected chi connectivity index (χ4v) is 3.74. The summed E-state index contributed by atoms with van der Waals surface area (Å²) < 4.78 is 11.5. The number of hydrogen-bond donors (Lipinski definition) is 2. The molecule has 0 heterocycles. The molecular formula is C27H21IN2O6. The van der Waals surface area contributed by atoms with Gasteiger partial charge in [-0.05, 0) is 95.2 Å². The minimum atomic E-state index is -0.988. The minimum Gasteiger partial charge on any atom is -0.488 e. The number of nitrogens with zero attached hydrogens (tertiary/aromatic N) is 1. The van der Waals surface area contributed by atoms with E-state index < -0.39 is 17.8 Å². The lowest BCUT2D eigenvalue weighted by Gasteiger charge is -2.10. The van der Waals surface area contributed by atoms with Crippen molar-refractivity contribution >= 4 is 52.2 Å². The Balaban J connectivity index is 1.65. The van der Waals surface area contributed by atoms with Crippen LogP contribution < -0.4 is 10.1 Å². The first-order chi connectivity index (χ1) is 17.3. The lowest BCUT2D eigenvalue weighted by molar-refractivity contribution is -0.112. The molecule has 0 bridgehead atoms. The Morgan fingerprint density at radius 3 is 2.28 bits per heavy atom. The van der Waals surface area contributed by atoms with Crippen molar-refractivity contribution in [2.45, 2.75) is 13.5 Å². The van der Waals surface area contributed by atoms with Crippen LogP contribution in [0.15, 0.2) is 72.3 Å². The summed E-state index contributed by atoms with van der Waals surface area (Å²) in [4.78, 5) is 35.3. The van der Waals surface area contributed by atoms with E-state index in [1.54, 1.807) is 49.4 Å². The number of nitrogens with one attached hydrogen (secondary N) is 1. The molecule has 0 fully saturated rings. The average Bonchev–Trinajstić information content (AvgIpc) is 2.87. The summed E-state index contributed by atoms with van der Waals surface area (Å²) in [5.74, 6) is -1.41. The number of benzene rings is 3. The van der Waals surface area contributed by atoms with Crippen LogP contribution in [-0.2, 0) is 16.1 Å². The number of aromatic carboxylic acids is 1. The van der Waals surface area contributed by atoms with E-state index in [0.717, 1.165) is 9.13 Å². The molecule has 36 heavy (non-hydrogen) atoms. The third-order valence-corrected chi connectivity index (χ3v) is 5.72. The van der Waals surface area contributed by atoms with Gasteiger partial charge in [-0.15, -0.1) is 0 Å². The molecule has 0 aliphatic heterocycles. The number of anilines is 1. The number of nitriles is 1. The van der Waals surface area contributed by atoms with Crippen molar-refractivity contribution in [3.8, 4) is 11.8 Å². The monoisotopic (exact) mass is 596 g/mol. The van der Waals surface area contributed by atoms with Crippen LogP contribution in [-0.4, -0.2) is 29.6 Å². The maximum absolute atomic E-state index is 12.6. The highest BCUT2D eigenvalue weighted by Crippen LogP contribution is 2.24. The first kappa shape index (κ1) is 26.4. The second-order valence-electron chi connectivity index (χ2n) is 7.40. The molecule has 3 rings (SSSR count). The first-order valence-corrected chi connectivity index (χ1v) is 11.8. The Bertz CT molecular complexity index is 1340. The van der Waals surface area contributed by atoms with Crippen molar-refractivity contribution in [2.24, 2.45) is 0 Å². The molecule has 0 saturated carbocycles. The van der Waals surface area contributed by atoms with Crippen molar-refractivity contribution in [3.05, 3.63) is 98.1 Å². The van der Waals surface area contributed by atoms with Crippen molar-refractivity contribution in [1.29, 1.82) is 5.26 Å². The molecule has 182 valence electrons. The Morgan fingerprint density at radius 2 is 1.69 bits per heavy atom. The average molecular weight is 596 g/mol. The summed E-state index contributed by atoms with van der Waals surface area (Å²) in [5.41, 5.74) is 2.37. The molecule has 0 radical (unpaired) electrons. The van der Waals surface area contributed by atoms with Crippen LogP contribution >= 0.6 is 22.6 Å². The third kappa shape index (κ3) is 7.16. The Morgan fingerprint density at radius 1 is 1.03 bits per heavy atom. The summed E-state index contributed by atoms with van der Waals surface area (Å²) in [7, 11) is 0. The number of carboxylic acids is 1. The highest BCUT2D eigenvalue weighted by Gasteiger charge is 2.12. The summed E-state index contributed by atoms with van der Waals surface area (Å²) in [5, 5.41) is 21.1. The van der Waals surface area contributed by atoms with Gasteiger partial charge in [0.1, 0.15) is 24.0 Å². The predicted molar refractivity (Wildman–Crippen MR) is 142 cm³/mol. The normalized spacial score (nSPS) is 10.8. The van der Waals surface area contributed by atoms with E-state index >= 15 is 0 Å². The van der Waals surface area contributed by atoms with Gasteiger partial charge in [-0.3, -0.25) is 4.79 Å². The van der Waals surface area contributed by atoms with E-state index in [4.69, 9.17) is 14.6 Å². The molecule has 2 N–H and O–H groups in total. The quantitative estimate of drug-likeness (QED) is 0.149. The smallest absolute Gasteiger partial charge is 0.338 e. The molecule has 0 aromatic heterocycles. The number of amides is 1. The number of esters is 1. The zero-order chi connectivity index (χ0) is 26.1. The van der Waals surface area contributed by atoms with Crippen molar-refractivity contribution in [1.82, 2.24) is 0 Å². The molecule has 0 unspecified atom stereocenters. The molecule has 0 saturated heterocycles. The number of hydrogen-bond acceptors (Lipinski definition) is 6. The SMILES string of the molecule is CCOC(=O)c1ccc(NC(=O)/C(C#N)=C/c2ccc(OCc3ccc(C(=O)O)cc3)c(I)c2)cc1. The van der Waals surface area contributed by atoms with Gasteiger partial charge >= 0.3 is 11.9 Å². The molecule has 0 aliphatic carbocycles. The van der Waals surface area contributed by atoms with Gasteiger partial charge < -0.3 is 19.9 Å². The van der Waals surface area contributed by atoms with Crippen molar-refractivity contribution in [2.75, 3.05) is 11.9 Å². The Labute approximate surface area is 221 Å². The Kier molecular flexibility index (Phi) is 9.19. The van der Waals surface area contributed by atoms with Crippen LogP contribution in [0.5, 0.6) is 5.75 Å². The van der Waals surface area contributed by atoms with Gasteiger partial charge in [0.2, 0.25) is 0 Å². The number of carboxylic acid groups (broad SMARTS) is 1. The summed E-state index contributed by atoms with van der Waals surface area (Å²) in [6.07, 6.45) is 1.47. The van der Waals surface area contributed by atoms with Crippen LogP contribution in [0.4, 0.5) is 5.69 Å². The minimum absolute atomic E-state index is 0.0903. The Hall–Kier alpha value is -4.17. The molecule has 9 heteroatoms. The van der Waals surface area contributed by atoms with Crippen LogP contribution in [0.25, 0.3) is 6.08 Å². The maximum atomic E-state index is 12.6. The predicted octanol–water partition coefficient (Wildman–Crippen LogP) is 5.29. The topological polar surface area (TPSA) is 126 Å². The fraction of sp³-hybridized carbons (Fsp3) is 0.111. The number of rotatable bonds is 9. The number of carbonyl (C=O) groups is 3. The zero-order valence-electron chi connectivity index (χ0n) is 19.2. The van der Waals surface area contributed by atoms with E-state index in [2.05, 4.69) is 27.9 Å². The summed E-state index contributed by atoms with van der Waals surface area (Å²) in [6, 6.07) is 19.7. The molecule has 3 aromatic carbocycles. The standard InChI is InChI=1S/C27H21IN2O6/c1-2-35-27(34)20-8-10-22(11-9-20)30-25(31)21(15-29)13-18-5-12-24(23(28)14-18)36-16-17-3-6-19(7-4-17)26(32)33/h3-14H,2,16H2,1H3,(H,30,31)(H,32,33)/b21-13+. The first-order valence-electron chi connectivity index (χ1n) is 10.8. The highest BCUT2D eigenvalue weighted by atomic mass is 127. The lowest BCUT2D eigenvalue weighted by atomic mass is 10.1. The van der Waals surface area contributed by atoms with Gasteiger partial charge in [0.25, 0.3) is 5.91 Å². The van der Waals surface area contributed by atoms with Crippen molar-refractivity contribution in [3.63, 3.8) is 0 Å². The number of ether oxygens (including phenoxy) is 2. The van der Waals surface area contributed by atoms with Gasteiger partial charge in [0.05, 0.1) is 21.3 Å². The zero-order valence-corrected chi connectivity index (χ0v) is 21.3. The number of halogens is 1. The lowest BCUT2D eigenvalue weighted by Crippen LogP contribution is -2.13. The molecule has 8 nitrogen and oxygen atoms in total. The molecule has 0 spiro atoms. The molecular weight excluding hydrogens is 575 g/mol. The van der Waals surface area contributed by atoms with E-state index in [9.17, 15) is 19.6 Å². The van der Waals surface area contributed by atoms with Crippen LogP contribution in [0.3, 0.4) is 0 Å². The van der Waals surface area contributed by atoms with Gasteiger partial charge in [-0.2, -0.15) is 5.26 Å². The van der Waals surface area contributed by atoms with E-state index in [-0.39, 0.29) is 24.4 Å². The van der Waals surface area contributed by atoms with Gasteiger partial charge in [0.15, 0.2) is 0 Å². The summed E-state index contributed by atoms with van der Waals surface area (Å²) >= 11 is 2.10. The van der Waals surface area contributed by atoms with Crippen LogP contribution in [0, 0.1) is 14.9 Å². The van der Waals surface area contributed by atoms with Crippen LogP contribution in [0.1, 0.15) is 38.8 Å². The second-order valence-corrected chi connectivity index (χ2v) is 8.56. The summed E-state index contributed by atoms with van der Waals surface area (Å²) in [6.45, 7) is 2.24. The highest BCUT2D eigenvalue weighted by molar-refractivity contribution is 14.1. The molecule has 3 aromatic rings. The largest absolute Gasteiger partial charge is 0.488 e. The molecule has 0 aliphatic rings. The maximum Gasteiger partial charge on any atom is 0.338 e. The van der Waals surface area contributed by atoms with Gasteiger partial charge in [0, 0.05) is 5.69 Å². The van der Waals surface area contributed by atoms with E-state index in [1.807, 2.05) is 6.07 Å². The van der Waals surface area contributed by atoms with Crippen molar-refractivity contribution < 1.29 is 29.0 Å². The fourth-order valence-electron chi connectivity index (χ4n) is 3.05. The van der Waals surface area contributed by atoms with Gasteiger partial charge in [-0.25, -0.2) is 9.59 Å². The molecule has 0 atom stereocenters. The van der Waals surface area contributed by atoms with E-state index in [1.165, 1.54) is 30.3 Å². The second kappa shape index (κ2) is 12.5. The third-order valence-electron chi connectivity index (χ3n) is 4.88. The van der Waals surface area contributed by atoms with Gasteiger partial charge in [-0.1, -0.05) is 18.2 Å². The number of carbonyl (C=O) groups excluding carboxylic acids is 2. The van der Waals surface area contributed by atoms with Crippen LogP contribution in [0.2, 0.25) is 0 Å². The molecule has 1 amide bonds. The van der Waals surface area contributed by atoms with E-state index in [0.29, 0.717) is 22.6 Å².